The topological polar surface area (TPSA) is 92.7 Å². The van der Waals surface area contributed by atoms with Crippen molar-refractivity contribution in [3.05, 3.63) is 72.2 Å². The lowest BCUT2D eigenvalue weighted by Crippen LogP contribution is -2.09. The quantitative estimate of drug-likeness (QED) is 0.555. The van der Waals surface area contributed by atoms with E-state index in [1.165, 1.54) is 0 Å². The van der Waals surface area contributed by atoms with Crippen LogP contribution in [-0.2, 0) is 6.42 Å². The summed E-state index contributed by atoms with van der Waals surface area (Å²) < 4.78 is 7.23. The monoisotopic (exact) mass is 348 g/mol. The van der Waals surface area contributed by atoms with Crippen molar-refractivity contribution in [1.29, 1.82) is 0 Å². The van der Waals surface area contributed by atoms with Crippen molar-refractivity contribution in [2.45, 2.75) is 6.42 Å². The van der Waals surface area contributed by atoms with Crippen LogP contribution in [0, 0.1) is 0 Å². The Morgan fingerprint density at radius 2 is 1.96 bits per heavy atom. The zero-order valence-electron chi connectivity index (χ0n) is 13.8. The largest absolute Gasteiger partial charge is 0.477 e. The lowest BCUT2D eigenvalue weighted by molar-refractivity contribution is 0.0698. The van der Waals surface area contributed by atoms with E-state index >= 15 is 0 Å². The molecule has 3 heterocycles. The van der Waals surface area contributed by atoms with Gasteiger partial charge in [0.05, 0.1) is 5.69 Å². The number of hydrogen-bond donors (Lipinski definition) is 2. The van der Waals surface area contributed by atoms with Crippen LogP contribution in [0.3, 0.4) is 0 Å². The molecule has 0 fully saturated rings. The Kier molecular flexibility index (Phi) is 4.10. The lowest BCUT2D eigenvalue weighted by atomic mass is 10.1. The third-order valence-electron chi connectivity index (χ3n) is 4.03. The molecule has 7 nitrogen and oxygen atoms in total. The summed E-state index contributed by atoms with van der Waals surface area (Å²) in [6.45, 7) is 0.491. The van der Waals surface area contributed by atoms with Crippen molar-refractivity contribution >= 4 is 17.4 Å². The van der Waals surface area contributed by atoms with E-state index < -0.39 is 5.97 Å². The van der Waals surface area contributed by atoms with Crippen LogP contribution in [0.2, 0.25) is 0 Å². The number of carboxylic acid groups (broad SMARTS) is 1. The fraction of sp³-hybridized carbons (Fsp3) is 0.105. The number of pyridine rings is 1. The van der Waals surface area contributed by atoms with Crippen molar-refractivity contribution in [3.8, 4) is 11.3 Å². The van der Waals surface area contributed by atoms with Crippen LogP contribution in [0.5, 0.6) is 0 Å². The maximum absolute atomic E-state index is 11.7. The van der Waals surface area contributed by atoms with E-state index in [0.717, 1.165) is 11.3 Å². The highest BCUT2D eigenvalue weighted by atomic mass is 16.5. The summed E-state index contributed by atoms with van der Waals surface area (Å²) in [5.74, 6) is -0.617. The molecule has 0 amide bonds. The Hall–Kier alpha value is -3.61. The van der Waals surface area contributed by atoms with Gasteiger partial charge in [0.2, 0.25) is 0 Å². The SMILES string of the molecule is O=C(O)c1c(NCCc2cn3ccccc3n2)noc1-c1ccccc1. The van der Waals surface area contributed by atoms with Gasteiger partial charge in [-0.1, -0.05) is 41.6 Å². The average Bonchev–Trinajstić information content (AvgIpc) is 3.26. The Morgan fingerprint density at radius 1 is 1.15 bits per heavy atom. The number of rotatable bonds is 6. The first-order valence-electron chi connectivity index (χ1n) is 8.17. The Labute approximate surface area is 148 Å². The number of aromatic carboxylic acids is 1. The molecule has 2 N–H and O–H groups in total. The molecule has 0 spiro atoms. The van der Waals surface area contributed by atoms with E-state index in [1.807, 2.05) is 53.2 Å². The maximum atomic E-state index is 11.7. The van der Waals surface area contributed by atoms with Crippen LogP contribution < -0.4 is 5.32 Å². The van der Waals surface area contributed by atoms with E-state index in [0.29, 0.717) is 18.5 Å². The van der Waals surface area contributed by atoms with Crippen molar-refractivity contribution in [2.24, 2.45) is 0 Å². The molecule has 7 heteroatoms. The molecule has 0 bridgehead atoms. The number of carboxylic acids is 1. The number of carbonyl (C=O) groups is 1. The van der Waals surface area contributed by atoms with E-state index in [-0.39, 0.29) is 17.1 Å². The van der Waals surface area contributed by atoms with E-state index in [2.05, 4.69) is 15.5 Å². The third kappa shape index (κ3) is 3.02. The molecule has 0 radical (unpaired) electrons. The summed E-state index contributed by atoms with van der Waals surface area (Å²) in [6.07, 6.45) is 4.52. The highest BCUT2D eigenvalue weighted by molar-refractivity contribution is 5.99. The minimum atomic E-state index is -1.08. The number of hydrogen-bond acceptors (Lipinski definition) is 5. The van der Waals surface area contributed by atoms with Gasteiger partial charge in [0.1, 0.15) is 5.65 Å². The van der Waals surface area contributed by atoms with Gasteiger partial charge in [-0.2, -0.15) is 0 Å². The summed E-state index contributed by atoms with van der Waals surface area (Å²) in [6, 6.07) is 14.9. The Morgan fingerprint density at radius 3 is 2.73 bits per heavy atom. The molecule has 26 heavy (non-hydrogen) atoms. The predicted octanol–water partition coefficient (Wildman–Crippen LogP) is 3.34. The molecule has 3 aromatic heterocycles. The standard InChI is InChI=1S/C19H16N4O3/c24-19(25)16-17(13-6-2-1-3-7-13)26-22-18(16)20-10-9-14-12-23-11-5-4-8-15(23)21-14/h1-8,11-12H,9-10H2,(H,20,22)(H,24,25). The Bertz CT molecular complexity index is 1020. The summed E-state index contributed by atoms with van der Waals surface area (Å²) in [4.78, 5) is 16.2. The van der Waals surface area contributed by atoms with Gasteiger partial charge in [0, 0.05) is 30.9 Å². The first-order chi connectivity index (χ1) is 12.7. The normalized spacial score (nSPS) is 10.9. The number of nitrogens with one attached hydrogen (secondary N) is 1. The number of benzene rings is 1. The van der Waals surface area contributed by atoms with E-state index in [9.17, 15) is 9.90 Å². The average molecular weight is 348 g/mol. The molecule has 4 aromatic rings. The van der Waals surface area contributed by atoms with Gasteiger partial charge in [0.25, 0.3) is 0 Å². The Balaban J connectivity index is 1.51. The fourth-order valence-electron chi connectivity index (χ4n) is 2.81. The second-order valence-electron chi connectivity index (χ2n) is 5.78. The molecule has 0 saturated carbocycles. The predicted molar refractivity (Wildman–Crippen MR) is 96.3 cm³/mol. The van der Waals surface area contributed by atoms with Gasteiger partial charge in [-0.15, -0.1) is 0 Å². The van der Waals surface area contributed by atoms with Crippen LogP contribution in [0.4, 0.5) is 5.82 Å². The third-order valence-corrected chi connectivity index (χ3v) is 4.03. The maximum Gasteiger partial charge on any atom is 0.343 e. The molecular weight excluding hydrogens is 332 g/mol. The number of anilines is 1. The van der Waals surface area contributed by atoms with Crippen LogP contribution in [0.1, 0.15) is 16.1 Å². The minimum absolute atomic E-state index is 0.0335. The van der Waals surface area contributed by atoms with Crippen LogP contribution >= 0.6 is 0 Å². The van der Waals surface area contributed by atoms with Gasteiger partial charge in [-0.25, -0.2) is 9.78 Å². The second-order valence-corrected chi connectivity index (χ2v) is 5.78. The molecule has 0 atom stereocenters. The molecule has 130 valence electrons. The van der Waals surface area contributed by atoms with Crippen LogP contribution in [-0.4, -0.2) is 32.2 Å². The summed E-state index contributed by atoms with van der Waals surface area (Å²) in [5, 5.41) is 16.5. The molecule has 0 saturated heterocycles. The number of aromatic nitrogens is 3. The van der Waals surface area contributed by atoms with Crippen molar-refractivity contribution < 1.29 is 14.4 Å². The highest BCUT2D eigenvalue weighted by Crippen LogP contribution is 2.29. The molecule has 0 aliphatic rings. The number of imidazole rings is 1. The van der Waals surface area contributed by atoms with Gasteiger partial charge in [-0.05, 0) is 12.1 Å². The first kappa shape index (κ1) is 15.9. The highest BCUT2D eigenvalue weighted by Gasteiger charge is 2.23. The van der Waals surface area contributed by atoms with E-state index in [4.69, 9.17) is 4.52 Å². The number of fused-ring (bicyclic) bond motifs is 1. The smallest absolute Gasteiger partial charge is 0.343 e. The van der Waals surface area contributed by atoms with Gasteiger partial charge >= 0.3 is 5.97 Å². The second kappa shape index (κ2) is 6.72. The molecular formula is C19H16N4O3. The van der Waals surface area contributed by atoms with Gasteiger partial charge in [0.15, 0.2) is 17.1 Å². The molecule has 4 rings (SSSR count). The van der Waals surface area contributed by atoms with Gasteiger partial charge in [-0.3, -0.25) is 0 Å². The molecule has 0 unspecified atom stereocenters. The van der Waals surface area contributed by atoms with Crippen molar-refractivity contribution in [3.63, 3.8) is 0 Å². The summed E-state index contributed by atoms with van der Waals surface area (Å²) in [5.41, 5.74) is 2.49. The van der Waals surface area contributed by atoms with Crippen molar-refractivity contribution in [2.75, 3.05) is 11.9 Å². The molecule has 0 aliphatic heterocycles. The first-order valence-corrected chi connectivity index (χ1v) is 8.17. The zero-order chi connectivity index (χ0) is 17.9. The summed E-state index contributed by atoms with van der Waals surface area (Å²) in [7, 11) is 0. The zero-order valence-corrected chi connectivity index (χ0v) is 13.8. The summed E-state index contributed by atoms with van der Waals surface area (Å²) >= 11 is 0. The van der Waals surface area contributed by atoms with Crippen molar-refractivity contribution in [1.82, 2.24) is 14.5 Å². The molecule has 1 aromatic carbocycles. The minimum Gasteiger partial charge on any atom is -0.477 e. The number of nitrogens with zero attached hydrogens (tertiary/aromatic N) is 3. The van der Waals surface area contributed by atoms with Crippen LogP contribution in [0.15, 0.2) is 65.4 Å². The lowest BCUT2D eigenvalue weighted by Gasteiger charge is -2.02. The van der Waals surface area contributed by atoms with E-state index in [1.54, 1.807) is 12.1 Å². The van der Waals surface area contributed by atoms with Crippen LogP contribution in [0.25, 0.3) is 17.0 Å². The molecule has 0 aliphatic carbocycles. The fourth-order valence-corrected chi connectivity index (χ4v) is 2.81. The van der Waals surface area contributed by atoms with Gasteiger partial charge < -0.3 is 19.3 Å².